The number of nitrogens with one attached hydrogen (secondary N) is 2. The third-order valence-corrected chi connectivity index (χ3v) is 4.59. The van der Waals surface area contributed by atoms with Crippen molar-refractivity contribution < 1.29 is 29.6 Å². The van der Waals surface area contributed by atoms with Crippen molar-refractivity contribution in [1.29, 1.82) is 0 Å². The van der Waals surface area contributed by atoms with Gasteiger partial charge in [-0.25, -0.2) is 10.9 Å². The Morgan fingerprint density at radius 3 is 1.39 bits per heavy atom. The summed E-state index contributed by atoms with van der Waals surface area (Å²) in [5, 5.41) is 48.4. The summed E-state index contributed by atoms with van der Waals surface area (Å²) in [7, 11) is 0. The fourth-order valence-corrected chi connectivity index (χ4v) is 2.74. The van der Waals surface area contributed by atoms with Gasteiger partial charge in [0.1, 0.15) is 11.5 Å². The van der Waals surface area contributed by atoms with Crippen LogP contribution in [-0.4, -0.2) is 44.3 Å². The van der Waals surface area contributed by atoms with Crippen molar-refractivity contribution in [3.8, 4) is 11.5 Å². The lowest BCUT2D eigenvalue weighted by Gasteiger charge is -2.03. The standard InChI is InChI=1S/C22H16N6O8/c29-19-7-5-17(27(33)34)9-15(19)11-23-25-21(31)13-1-2-14(4-3-13)22(32)26-24-12-16-10-18(28(35)36)6-8-20(16)30/h1-12,29-30H,(H,25,31)(H,26,32)/b23-11+,24-12+. The van der Waals surface area contributed by atoms with Gasteiger partial charge in [0.15, 0.2) is 0 Å². The summed E-state index contributed by atoms with van der Waals surface area (Å²) < 4.78 is 0. The van der Waals surface area contributed by atoms with Crippen LogP contribution < -0.4 is 10.9 Å². The minimum absolute atomic E-state index is 0.0236. The van der Waals surface area contributed by atoms with E-state index in [-0.39, 0.29) is 45.1 Å². The average molecular weight is 492 g/mol. The first-order valence-electron chi connectivity index (χ1n) is 9.87. The highest BCUT2D eigenvalue weighted by molar-refractivity contribution is 5.98. The number of hydrogen-bond donors (Lipinski definition) is 4. The molecule has 3 rings (SSSR count). The number of benzene rings is 3. The molecule has 2 amide bonds. The Bertz CT molecular complexity index is 1300. The Morgan fingerprint density at radius 1 is 0.694 bits per heavy atom. The molecule has 0 saturated heterocycles. The van der Waals surface area contributed by atoms with Crippen LogP contribution in [-0.2, 0) is 0 Å². The molecule has 0 fully saturated rings. The molecule has 182 valence electrons. The molecule has 0 saturated carbocycles. The number of aromatic hydroxyl groups is 2. The van der Waals surface area contributed by atoms with E-state index in [9.17, 15) is 40.0 Å². The number of carbonyl (C=O) groups is 2. The topological polar surface area (TPSA) is 210 Å². The van der Waals surface area contributed by atoms with E-state index in [1.54, 1.807) is 0 Å². The number of phenolic OH excluding ortho intramolecular Hbond substituents is 2. The van der Waals surface area contributed by atoms with Gasteiger partial charge in [-0.3, -0.25) is 29.8 Å². The molecule has 14 heteroatoms. The first-order valence-corrected chi connectivity index (χ1v) is 9.87. The van der Waals surface area contributed by atoms with E-state index >= 15 is 0 Å². The molecule has 4 N–H and O–H groups in total. The molecule has 14 nitrogen and oxygen atoms in total. The summed E-state index contributed by atoms with van der Waals surface area (Å²) in [5.74, 6) is -1.83. The van der Waals surface area contributed by atoms with Gasteiger partial charge in [-0.05, 0) is 36.4 Å². The van der Waals surface area contributed by atoms with Crippen molar-refractivity contribution >= 4 is 35.6 Å². The number of non-ortho nitro benzene ring substituents is 2. The molecule has 0 heterocycles. The molecule has 0 atom stereocenters. The van der Waals surface area contributed by atoms with Crippen LogP contribution in [0.15, 0.2) is 70.9 Å². The van der Waals surface area contributed by atoms with Gasteiger partial charge < -0.3 is 10.2 Å². The number of nitrogens with zero attached hydrogens (tertiary/aromatic N) is 4. The first-order chi connectivity index (χ1) is 17.2. The van der Waals surface area contributed by atoms with E-state index in [4.69, 9.17) is 0 Å². The molecule has 3 aromatic carbocycles. The number of rotatable bonds is 8. The average Bonchev–Trinajstić information content (AvgIpc) is 2.85. The number of nitro benzene ring substituents is 2. The van der Waals surface area contributed by atoms with Crippen molar-refractivity contribution in [3.63, 3.8) is 0 Å². The molecule has 36 heavy (non-hydrogen) atoms. The van der Waals surface area contributed by atoms with E-state index in [1.165, 1.54) is 24.3 Å². The smallest absolute Gasteiger partial charge is 0.271 e. The molecular formula is C22H16N6O8. The van der Waals surface area contributed by atoms with Gasteiger partial charge in [-0.1, -0.05) is 0 Å². The van der Waals surface area contributed by atoms with Crippen LogP contribution >= 0.6 is 0 Å². The predicted molar refractivity (Wildman–Crippen MR) is 126 cm³/mol. The highest BCUT2D eigenvalue weighted by Crippen LogP contribution is 2.22. The maximum atomic E-state index is 12.2. The van der Waals surface area contributed by atoms with Crippen LogP contribution in [0.4, 0.5) is 11.4 Å². The number of phenols is 2. The van der Waals surface area contributed by atoms with E-state index in [2.05, 4.69) is 21.1 Å². The van der Waals surface area contributed by atoms with Gasteiger partial charge in [0.2, 0.25) is 0 Å². The van der Waals surface area contributed by atoms with E-state index in [0.717, 1.165) is 48.8 Å². The summed E-state index contributed by atoms with van der Waals surface area (Å²) in [4.78, 5) is 44.8. The van der Waals surface area contributed by atoms with E-state index in [0.29, 0.717) is 0 Å². The fraction of sp³-hybridized carbons (Fsp3) is 0. The van der Waals surface area contributed by atoms with Gasteiger partial charge in [0.25, 0.3) is 23.2 Å². The van der Waals surface area contributed by atoms with Gasteiger partial charge in [-0.15, -0.1) is 0 Å². The summed E-state index contributed by atoms with van der Waals surface area (Å²) in [6.07, 6.45) is 2.08. The molecule has 0 bridgehead atoms. The highest BCUT2D eigenvalue weighted by Gasteiger charge is 2.11. The van der Waals surface area contributed by atoms with Crippen molar-refractivity contribution in [2.75, 3.05) is 0 Å². The van der Waals surface area contributed by atoms with Crippen LogP contribution in [0.1, 0.15) is 31.8 Å². The Morgan fingerprint density at radius 2 is 1.06 bits per heavy atom. The van der Waals surface area contributed by atoms with Crippen LogP contribution in [0.3, 0.4) is 0 Å². The van der Waals surface area contributed by atoms with Crippen molar-refractivity contribution in [2.24, 2.45) is 10.2 Å². The third-order valence-electron chi connectivity index (χ3n) is 4.59. The number of hydrazone groups is 2. The molecule has 0 spiro atoms. The minimum atomic E-state index is -0.651. The normalized spacial score (nSPS) is 10.9. The molecule has 0 aliphatic rings. The molecule has 3 aromatic rings. The Labute approximate surface area is 201 Å². The maximum Gasteiger partial charge on any atom is 0.271 e. The van der Waals surface area contributed by atoms with E-state index < -0.39 is 21.7 Å². The van der Waals surface area contributed by atoms with Crippen LogP contribution in [0, 0.1) is 20.2 Å². The molecule has 0 aromatic heterocycles. The largest absolute Gasteiger partial charge is 0.507 e. The van der Waals surface area contributed by atoms with Crippen LogP contribution in [0.25, 0.3) is 0 Å². The van der Waals surface area contributed by atoms with Crippen molar-refractivity contribution in [1.82, 2.24) is 10.9 Å². The second kappa shape index (κ2) is 11.0. The maximum absolute atomic E-state index is 12.2. The lowest BCUT2D eigenvalue weighted by molar-refractivity contribution is -0.385. The van der Waals surface area contributed by atoms with Crippen molar-refractivity contribution in [3.05, 3.63) is 103 Å². The van der Waals surface area contributed by atoms with Gasteiger partial charge in [0, 0.05) is 46.5 Å². The summed E-state index contributed by atoms with van der Waals surface area (Å²) in [6, 6.07) is 12.0. The highest BCUT2D eigenvalue weighted by atomic mass is 16.6. The predicted octanol–water partition coefficient (Wildman–Crippen LogP) is 2.44. The summed E-state index contributed by atoms with van der Waals surface area (Å²) in [6.45, 7) is 0. The summed E-state index contributed by atoms with van der Waals surface area (Å²) in [5.41, 5.74) is 4.19. The molecule has 0 unspecified atom stereocenters. The monoisotopic (exact) mass is 492 g/mol. The van der Waals surface area contributed by atoms with Crippen LogP contribution in [0.5, 0.6) is 11.5 Å². The van der Waals surface area contributed by atoms with Gasteiger partial charge >= 0.3 is 0 Å². The molecule has 0 aliphatic carbocycles. The third kappa shape index (κ3) is 6.22. The SMILES string of the molecule is O=C(N/N=C/c1cc([N+](=O)[O-])ccc1O)c1ccc(C(=O)N/N=C/c2cc([N+](=O)[O-])ccc2O)cc1. The number of nitro groups is 2. The zero-order valence-corrected chi connectivity index (χ0v) is 18.1. The van der Waals surface area contributed by atoms with E-state index in [1.807, 2.05) is 0 Å². The first kappa shape index (κ1) is 25.0. The van der Waals surface area contributed by atoms with Gasteiger partial charge in [0.05, 0.1) is 22.3 Å². The molecule has 0 radical (unpaired) electrons. The zero-order valence-electron chi connectivity index (χ0n) is 18.1. The minimum Gasteiger partial charge on any atom is -0.507 e. The summed E-state index contributed by atoms with van der Waals surface area (Å²) >= 11 is 0. The molecule has 0 aliphatic heterocycles. The Kier molecular flexibility index (Phi) is 7.61. The number of hydrogen-bond acceptors (Lipinski definition) is 10. The lowest BCUT2D eigenvalue weighted by atomic mass is 10.1. The second-order valence-corrected chi connectivity index (χ2v) is 6.98. The number of amides is 2. The van der Waals surface area contributed by atoms with Crippen LogP contribution in [0.2, 0.25) is 0 Å². The van der Waals surface area contributed by atoms with Gasteiger partial charge in [-0.2, -0.15) is 10.2 Å². The second-order valence-electron chi connectivity index (χ2n) is 6.98. The lowest BCUT2D eigenvalue weighted by Crippen LogP contribution is -2.19. The van der Waals surface area contributed by atoms with Crippen molar-refractivity contribution in [2.45, 2.75) is 0 Å². The zero-order chi connectivity index (χ0) is 26.2. The molecular weight excluding hydrogens is 476 g/mol. The number of carbonyl (C=O) groups excluding carboxylic acids is 2. The Balaban J connectivity index is 1.60. The quantitative estimate of drug-likeness (QED) is 0.208. The Hall–Kier alpha value is -5.66. The fourth-order valence-electron chi connectivity index (χ4n) is 2.74.